The van der Waals surface area contributed by atoms with Gasteiger partial charge in [-0.1, -0.05) is 50.6 Å². The highest BCUT2D eigenvalue weighted by molar-refractivity contribution is 5.80. The lowest BCUT2D eigenvalue weighted by molar-refractivity contribution is -0.151. The van der Waals surface area contributed by atoms with E-state index < -0.39 is 11.5 Å². The van der Waals surface area contributed by atoms with Gasteiger partial charge in [-0.2, -0.15) is 0 Å². The van der Waals surface area contributed by atoms with E-state index in [0.717, 1.165) is 31.5 Å². The topological polar surface area (TPSA) is 40.5 Å². The Morgan fingerprint density at radius 1 is 1.28 bits per heavy atom. The Morgan fingerprint density at radius 2 is 1.89 bits per heavy atom. The summed E-state index contributed by atoms with van der Waals surface area (Å²) in [6.45, 7) is 7.47. The summed E-state index contributed by atoms with van der Waals surface area (Å²) in [7, 11) is 0. The largest absolute Gasteiger partial charge is 0.480 e. The van der Waals surface area contributed by atoms with Crippen molar-refractivity contribution in [3.05, 3.63) is 35.9 Å². The lowest BCUT2D eigenvalue weighted by Crippen LogP contribution is -2.50. The summed E-state index contributed by atoms with van der Waals surface area (Å²) in [6, 6.07) is 9.48. The maximum atomic E-state index is 11.7. The Balaban J connectivity index is 3.09. The number of aliphatic carboxylic acids is 1. The molecule has 1 unspecified atom stereocenters. The summed E-state index contributed by atoms with van der Waals surface area (Å²) < 4.78 is 0. The van der Waals surface area contributed by atoms with Crippen LogP contribution in [0, 0.1) is 0 Å². The van der Waals surface area contributed by atoms with E-state index in [2.05, 4.69) is 6.92 Å². The minimum absolute atomic E-state index is 0.734. The Kier molecular flexibility index (Phi) is 5.35. The molecule has 0 aliphatic carbocycles. The average Bonchev–Trinajstić information content (AvgIpc) is 2.40. The third-order valence-corrected chi connectivity index (χ3v) is 3.55. The van der Waals surface area contributed by atoms with Crippen LogP contribution in [-0.4, -0.2) is 29.1 Å². The third kappa shape index (κ3) is 2.91. The minimum Gasteiger partial charge on any atom is -0.480 e. The third-order valence-electron chi connectivity index (χ3n) is 3.55. The molecule has 18 heavy (non-hydrogen) atoms. The number of unbranched alkanes of at least 4 members (excludes halogenated alkanes) is 1. The van der Waals surface area contributed by atoms with E-state index >= 15 is 0 Å². The fraction of sp³-hybridized carbons (Fsp3) is 0.533. The molecule has 1 atom stereocenters. The second kappa shape index (κ2) is 6.55. The summed E-state index contributed by atoms with van der Waals surface area (Å²) in [4.78, 5) is 13.8. The van der Waals surface area contributed by atoms with E-state index in [-0.39, 0.29) is 0 Å². The Bertz CT molecular complexity index is 377. The van der Waals surface area contributed by atoms with Crippen LogP contribution in [-0.2, 0) is 10.3 Å². The van der Waals surface area contributed by atoms with Crippen molar-refractivity contribution in [3.8, 4) is 0 Å². The van der Waals surface area contributed by atoms with Gasteiger partial charge in [0.2, 0.25) is 0 Å². The van der Waals surface area contributed by atoms with Crippen LogP contribution in [0.5, 0.6) is 0 Å². The first-order valence-electron chi connectivity index (χ1n) is 6.61. The number of hydrogen-bond acceptors (Lipinski definition) is 2. The SMILES string of the molecule is CCCCN(CC)C(C)(C(=O)O)c1ccccc1. The predicted molar refractivity (Wildman–Crippen MR) is 73.6 cm³/mol. The van der Waals surface area contributed by atoms with Gasteiger partial charge in [0.1, 0.15) is 5.54 Å². The molecule has 1 N–H and O–H groups in total. The van der Waals surface area contributed by atoms with Crippen molar-refractivity contribution in [2.75, 3.05) is 13.1 Å². The number of carboxylic acids is 1. The van der Waals surface area contributed by atoms with Crippen LogP contribution in [0.1, 0.15) is 39.2 Å². The van der Waals surface area contributed by atoms with Gasteiger partial charge in [-0.3, -0.25) is 4.90 Å². The number of likely N-dealkylation sites (N-methyl/N-ethyl adjacent to an activating group) is 1. The van der Waals surface area contributed by atoms with E-state index in [9.17, 15) is 9.90 Å². The van der Waals surface area contributed by atoms with Crippen molar-refractivity contribution in [3.63, 3.8) is 0 Å². The van der Waals surface area contributed by atoms with Gasteiger partial charge in [-0.15, -0.1) is 0 Å². The maximum absolute atomic E-state index is 11.7. The number of rotatable bonds is 7. The van der Waals surface area contributed by atoms with Crippen molar-refractivity contribution >= 4 is 5.97 Å². The number of hydrogen-bond donors (Lipinski definition) is 1. The molecule has 100 valence electrons. The Hall–Kier alpha value is -1.35. The molecule has 0 fully saturated rings. The van der Waals surface area contributed by atoms with Crippen LogP contribution < -0.4 is 0 Å². The fourth-order valence-electron chi connectivity index (χ4n) is 2.25. The van der Waals surface area contributed by atoms with Crippen molar-refractivity contribution in [2.24, 2.45) is 0 Å². The molecular weight excluding hydrogens is 226 g/mol. The minimum atomic E-state index is -0.939. The normalized spacial score (nSPS) is 14.4. The van der Waals surface area contributed by atoms with Crippen LogP contribution in [0.25, 0.3) is 0 Å². The monoisotopic (exact) mass is 249 g/mol. The molecule has 0 amide bonds. The molecule has 1 aromatic rings. The van der Waals surface area contributed by atoms with Gasteiger partial charge in [0.05, 0.1) is 0 Å². The first-order chi connectivity index (χ1) is 8.57. The highest BCUT2D eigenvalue weighted by Gasteiger charge is 2.40. The van der Waals surface area contributed by atoms with E-state index in [4.69, 9.17) is 0 Å². The molecule has 0 aromatic heterocycles. The highest BCUT2D eigenvalue weighted by Crippen LogP contribution is 2.28. The molecule has 3 heteroatoms. The van der Waals surface area contributed by atoms with Crippen LogP contribution in [0.15, 0.2) is 30.3 Å². The lowest BCUT2D eigenvalue weighted by atomic mass is 9.89. The van der Waals surface area contributed by atoms with Gasteiger partial charge >= 0.3 is 5.97 Å². The first-order valence-corrected chi connectivity index (χ1v) is 6.61. The molecule has 0 aliphatic heterocycles. The molecule has 1 aromatic carbocycles. The zero-order valence-electron chi connectivity index (χ0n) is 11.5. The van der Waals surface area contributed by atoms with Gasteiger partial charge in [0.15, 0.2) is 0 Å². The summed E-state index contributed by atoms with van der Waals surface area (Å²) in [5, 5.41) is 9.65. The van der Waals surface area contributed by atoms with Gasteiger partial charge in [0, 0.05) is 0 Å². The summed E-state index contributed by atoms with van der Waals surface area (Å²) in [5.74, 6) is -0.786. The van der Waals surface area contributed by atoms with Crippen LogP contribution >= 0.6 is 0 Å². The Labute approximate surface area is 109 Å². The molecule has 1 rings (SSSR count). The molecule has 0 heterocycles. The van der Waals surface area contributed by atoms with Crippen molar-refractivity contribution in [1.82, 2.24) is 4.90 Å². The number of nitrogens with zero attached hydrogens (tertiary/aromatic N) is 1. The zero-order chi connectivity index (χ0) is 13.6. The second-order valence-corrected chi connectivity index (χ2v) is 4.68. The fourth-order valence-corrected chi connectivity index (χ4v) is 2.25. The van der Waals surface area contributed by atoms with Crippen LogP contribution in [0.3, 0.4) is 0 Å². The molecule has 0 radical (unpaired) electrons. The summed E-state index contributed by atoms with van der Waals surface area (Å²) in [5.41, 5.74) is -0.0963. The highest BCUT2D eigenvalue weighted by atomic mass is 16.4. The van der Waals surface area contributed by atoms with Crippen LogP contribution in [0.2, 0.25) is 0 Å². The molecule has 0 saturated heterocycles. The molecule has 0 saturated carbocycles. The second-order valence-electron chi connectivity index (χ2n) is 4.68. The summed E-state index contributed by atoms with van der Waals surface area (Å²) >= 11 is 0. The summed E-state index contributed by atoms with van der Waals surface area (Å²) in [6.07, 6.45) is 2.09. The maximum Gasteiger partial charge on any atom is 0.328 e. The van der Waals surface area contributed by atoms with E-state index in [0.29, 0.717) is 0 Å². The average molecular weight is 249 g/mol. The van der Waals surface area contributed by atoms with E-state index in [1.54, 1.807) is 6.92 Å². The van der Waals surface area contributed by atoms with E-state index in [1.807, 2.05) is 42.2 Å². The van der Waals surface area contributed by atoms with Gasteiger partial charge in [-0.25, -0.2) is 4.79 Å². The smallest absolute Gasteiger partial charge is 0.328 e. The molecular formula is C15H23NO2. The zero-order valence-corrected chi connectivity index (χ0v) is 11.5. The standard InChI is InChI=1S/C15H23NO2/c1-4-6-12-16(5-2)15(3,14(17)18)13-10-8-7-9-11-13/h7-11H,4-6,12H2,1-3H3,(H,17,18). The van der Waals surface area contributed by atoms with Crippen molar-refractivity contribution in [1.29, 1.82) is 0 Å². The number of carboxylic acid groups (broad SMARTS) is 1. The molecule has 0 bridgehead atoms. The molecule has 3 nitrogen and oxygen atoms in total. The Morgan fingerprint density at radius 3 is 2.33 bits per heavy atom. The first kappa shape index (κ1) is 14.7. The predicted octanol–water partition coefficient (Wildman–Crippen LogP) is 3.11. The van der Waals surface area contributed by atoms with Gasteiger partial charge in [-0.05, 0) is 32.0 Å². The number of benzene rings is 1. The molecule has 0 aliphatic rings. The lowest BCUT2D eigenvalue weighted by Gasteiger charge is -2.37. The quantitative estimate of drug-likeness (QED) is 0.807. The van der Waals surface area contributed by atoms with Crippen molar-refractivity contribution < 1.29 is 9.90 Å². The van der Waals surface area contributed by atoms with Crippen LogP contribution in [0.4, 0.5) is 0 Å². The van der Waals surface area contributed by atoms with Crippen molar-refractivity contribution in [2.45, 2.75) is 39.2 Å². The van der Waals surface area contributed by atoms with Gasteiger partial charge < -0.3 is 5.11 Å². The van der Waals surface area contributed by atoms with Gasteiger partial charge in [0.25, 0.3) is 0 Å². The number of carbonyl (C=O) groups is 1. The molecule has 0 spiro atoms. The van der Waals surface area contributed by atoms with E-state index in [1.165, 1.54) is 0 Å².